The molecule has 0 heterocycles. The maximum Gasteiger partial charge on any atom is 0.283 e. The second-order valence-corrected chi connectivity index (χ2v) is 5.71. The number of benzene rings is 2. The Morgan fingerprint density at radius 2 is 1.86 bits per heavy atom. The van der Waals surface area contributed by atoms with E-state index in [2.05, 4.69) is 21.2 Å². The van der Waals surface area contributed by atoms with Crippen molar-refractivity contribution in [3.8, 4) is 5.75 Å². The van der Waals surface area contributed by atoms with Gasteiger partial charge in [0.05, 0.1) is 9.40 Å². The first-order chi connectivity index (χ1) is 9.88. The van der Waals surface area contributed by atoms with E-state index in [1.54, 1.807) is 12.1 Å². The number of halogens is 1. The number of hydrogen-bond donors (Lipinski definition) is 2. The summed E-state index contributed by atoms with van der Waals surface area (Å²) in [6, 6.07) is 8.63. The van der Waals surface area contributed by atoms with E-state index in [4.69, 9.17) is 0 Å². The van der Waals surface area contributed by atoms with Gasteiger partial charge < -0.3 is 10.4 Å². The van der Waals surface area contributed by atoms with Crippen molar-refractivity contribution in [2.24, 2.45) is 0 Å². The van der Waals surface area contributed by atoms with Gasteiger partial charge >= 0.3 is 0 Å². The van der Waals surface area contributed by atoms with Crippen LogP contribution in [-0.2, 0) is 6.54 Å². The second-order valence-electron chi connectivity index (χ2n) is 4.86. The molecule has 0 amide bonds. The maximum atomic E-state index is 10.8. The molecule has 2 N–H and O–H groups in total. The molecule has 0 bridgehead atoms. The summed E-state index contributed by atoms with van der Waals surface area (Å²) in [6.07, 6.45) is 0. The third-order valence-electron chi connectivity index (χ3n) is 3.19. The number of aromatic hydroxyl groups is 1. The molecule has 0 spiro atoms. The SMILES string of the molecule is Cc1cc(CNc2ccc([N+](=O)[O-])c(Br)c2)cc(C)c1O. The molecule has 5 nitrogen and oxygen atoms in total. The first-order valence-electron chi connectivity index (χ1n) is 6.35. The van der Waals surface area contributed by atoms with Crippen LogP contribution in [0.25, 0.3) is 0 Å². The monoisotopic (exact) mass is 350 g/mol. The van der Waals surface area contributed by atoms with Crippen LogP contribution in [0, 0.1) is 24.0 Å². The van der Waals surface area contributed by atoms with Gasteiger partial charge in [-0.05, 0) is 58.6 Å². The Morgan fingerprint density at radius 3 is 2.38 bits per heavy atom. The van der Waals surface area contributed by atoms with E-state index in [1.807, 2.05) is 26.0 Å². The van der Waals surface area contributed by atoms with Crippen molar-refractivity contribution in [2.75, 3.05) is 5.32 Å². The minimum atomic E-state index is -0.430. The molecule has 0 fully saturated rings. The fourth-order valence-electron chi connectivity index (χ4n) is 2.12. The molecular weight excluding hydrogens is 336 g/mol. The van der Waals surface area contributed by atoms with E-state index in [9.17, 15) is 15.2 Å². The first kappa shape index (κ1) is 15.3. The molecule has 0 aliphatic heterocycles. The number of phenols is 1. The summed E-state index contributed by atoms with van der Waals surface area (Å²) in [5.41, 5.74) is 3.53. The van der Waals surface area contributed by atoms with Crippen molar-refractivity contribution in [2.45, 2.75) is 20.4 Å². The summed E-state index contributed by atoms with van der Waals surface area (Å²) in [5.74, 6) is 0.317. The van der Waals surface area contributed by atoms with Crippen LogP contribution in [0.4, 0.5) is 11.4 Å². The molecule has 21 heavy (non-hydrogen) atoms. The largest absolute Gasteiger partial charge is 0.507 e. The normalized spacial score (nSPS) is 10.4. The van der Waals surface area contributed by atoms with Gasteiger partial charge in [-0.3, -0.25) is 10.1 Å². The van der Waals surface area contributed by atoms with Crippen molar-refractivity contribution in [1.29, 1.82) is 0 Å². The Kier molecular flexibility index (Phi) is 4.47. The highest BCUT2D eigenvalue weighted by Crippen LogP contribution is 2.28. The van der Waals surface area contributed by atoms with Crippen molar-refractivity contribution in [3.05, 3.63) is 61.6 Å². The van der Waals surface area contributed by atoms with Gasteiger partial charge in [-0.15, -0.1) is 0 Å². The molecule has 110 valence electrons. The molecule has 0 saturated heterocycles. The smallest absolute Gasteiger partial charge is 0.283 e. The highest BCUT2D eigenvalue weighted by atomic mass is 79.9. The number of phenolic OH excluding ortho intramolecular Hbond substituents is 1. The van der Waals surface area contributed by atoms with Crippen LogP contribution in [0.2, 0.25) is 0 Å². The lowest BCUT2D eigenvalue weighted by molar-refractivity contribution is -0.385. The number of nitrogens with zero attached hydrogens (tertiary/aromatic N) is 1. The maximum absolute atomic E-state index is 10.8. The molecule has 2 rings (SSSR count). The molecule has 0 atom stereocenters. The summed E-state index contributed by atoms with van der Waals surface area (Å²) in [4.78, 5) is 10.3. The van der Waals surface area contributed by atoms with Crippen LogP contribution in [0.15, 0.2) is 34.8 Å². The van der Waals surface area contributed by atoms with E-state index in [1.165, 1.54) is 6.07 Å². The van der Waals surface area contributed by atoms with Gasteiger partial charge in [0.25, 0.3) is 5.69 Å². The van der Waals surface area contributed by atoms with Crippen LogP contribution in [-0.4, -0.2) is 10.0 Å². The quantitative estimate of drug-likeness (QED) is 0.636. The third-order valence-corrected chi connectivity index (χ3v) is 3.83. The van der Waals surface area contributed by atoms with E-state index in [0.29, 0.717) is 16.8 Å². The molecule has 0 radical (unpaired) electrons. The number of aryl methyl sites for hydroxylation is 2. The van der Waals surface area contributed by atoms with Crippen LogP contribution < -0.4 is 5.32 Å². The van der Waals surface area contributed by atoms with E-state index in [0.717, 1.165) is 22.4 Å². The highest BCUT2D eigenvalue weighted by Gasteiger charge is 2.11. The zero-order valence-corrected chi connectivity index (χ0v) is 13.3. The van der Waals surface area contributed by atoms with Crippen molar-refractivity contribution in [3.63, 3.8) is 0 Å². The molecule has 0 aliphatic carbocycles. The zero-order valence-electron chi connectivity index (χ0n) is 11.7. The van der Waals surface area contributed by atoms with Gasteiger partial charge in [-0.2, -0.15) is 0 Å². The third kappa shape index (κ3) is 3.52. The van der Waals surface area contributed by atoms with Gasteiger partial charge in [-0.1, -0.05) is 12.1 Å². The lowest BCUT2D eigenvalue weighted by Crippen LogP contribution is -2.01. The average molecular weight is 351 g/mol. The standard InChI is InChI=1S/C15H15BrN2O3/c1-9-5-11(6-10(2)15(9)19)8-17-12-3-4-14(18(20)21)13(16)7-12/h3-7,17,19H,8H2,1-2H3. The van der Waals surface area contributed by atoms with Crippen LogP contribution in [0.3, 0.4) is 0 Å². The van der Waals surface area contributed by atoms with Gasteiger partial charge in [0.2, 0.25) is 0 Å². The van der Waals surface area contributed by atoms with E-state index < -0.39 is 4.92 Å². The molecule has 2 aromatic rings. The van der Waals surface area contributed by atoms with Crippen molar-refractivity contribution in [1.82, 2.24) is 0 Å². The summed E-state index contributed by atoms with van der Waals surface area (Å²) >= 11 is 3.19. The Morgan fingerprint density at radius 1 is 1.24 bits per heavy atom. The number of nitro benzene ring substituents is 1. The minimum absolute atomic E-state index is 0.0388. The fraction of sp³-hybridized carbons (Fsp3) is 0.200. The van der Waals surface area contributed by atoms with Crippen molar-refractivity contribution >= 4 is 27.3 Å². The fourth-order valence-corrected chi connectivity index (χ4v) is 2.64. The van der Waals surface area contributed by atoms with Crippen LogP contribution in [0.5, 0.6) is 5.75 Å². The lowest BCUT2D eigenvalue weighted by atomic mass is 10.1. The van der Waals surface area contributed by atoms with Gasteiger partial charge in [0, 0.05) is 18.3 Å². The Hall–Kier alpha value is -2.08. The molecule has 0 saturated carbocycles. The Labute approximate surface area is 130 Å². The Balaban J connectivity index is 2.13. The lowest BCUT2D eigenvalue weighted by Gasteiger charge is -2.10. The van der Waals surface area contributed by atoms with E-state index in [-0.39, 0.29) is 5.69 Å². The molecular formula is C15H15BrN2O3. The average Bonchev–Trinajstić information content (AvgIpc) is 2.42. The number of rotatable bonds is 4. The van der Waals surface area contributed by atoms with Gasteiger partial charge in [0.15, 0.2) is 0 Å². The predicted molar refractivity (Wildman–Crippen MR) is 85.7 cm³/mol. The van der Waals surface area contributed by atoms with Crippen LogP contribution in [0.1, 0.15) is 16.7 Å². The number of nitro groups is 1. The number of nitrogens with one attached hydrogen (secondary N) is 1. The van der Waals surface area contributed by atoms with Crippen molar-refractivity contribution < 1.29 is 10.0 Å². The Bertz CT molecular complexity index is 678. The van der Waals surface area contributed by atoms with Gasteiger partial charge in [-0.25, -0.2) is 0 Å². The summed E-state index contributed by atoms with van der Waals surface area (Å²) < 4.78 is 0.440. The molecule has 0 unspecified atom stereocenters. The summed E-state index contributed by atoms with van der Waals surface area (Å²) in [6.45, 7) is 4.29. The zero-order chi connectivity index (χ0) is 15.6. The molecule has 2 aromatic carbocycles. The van der Waals surface area contributed by atoms with Gasteiger partial charge in [0.1, 0.15) is 5.75 Å². The number of anilines is 1. The minimum Gasteiger partial charge on any atom is -0.507 e. The van der Waals surface area contributed by atoms with Crippen LogP contribution >= 0.6 is 15.9 Å². The second kappa shape index (κ2) is 6.13. The first-order valence-corrected chi connectivity index (χ1v) is 7.14. The predicted octanol–water partition coefficient (Wildman–Crippen LogP) is 4.29. The molecule has 0 aromatic heterocycles. The summed E-state index contributed by atoms with van der Waals surface area (Å²) in [7, 11) is 0. The molecule has 6 heteroatoms. The van der Waals surface area contributed by atoms with E-state index >= 15 is 0 Å². The highest BCUT2D eigenvalue weighted by molar-refractivity contribution is 9.10. The molecule has 0 aliphatic rings. The number of hydrogen-bond acceptors (Lipinski definition) is 4. The summed E-state index contributed by atoms with van der Waals surface area (Å²) in [5, 5.41) is 23.7. The topological polar surface area (TPSA) is 75.4 Å².